The van der Waals surface area contributed by atoms with Gasteiger partial charge in [-0.1, -0.05) is 6.07 Å². The van der Waals surface area contributed by atoms with Crippen molar-refractivity contribution in [1.29, 1.82) is 5.26 Å². The number of alkyl halides is 3. The monoisotopic (exact) mass is 425 g/mol. The first-order chi connectivity index (χ1) is 13.7. The van der Waals surface area contributed by atoms with Crippen molar-refractivity contribution in [2.24, 2.45) is 0 Å². The SMILES string of the molecule is COc1cccc(C(=O)Nc2sc3c(c2C#N)CCN(C(=O)OC(F)(F)F)C3)c1. The number of thiophene rings is 1. The molecule has 0 unspecified atom stereocenters. The fourth-order valence-electron chi connectivity index (χ4n) is 2.87. The molecule has 29 heavy (non-hydrogen) atoms. The Balaban J connectivity index is 1.80. The van der Waals surface area contributed by atoms with Crippen molar-refractivity contribution in [2.75, 3.05) is 19.0 Å². The Kier molecular flexibility index (Phi) is 5.65. The summed E-state index contributed by atoms with van der Waals surface area (Å²) in [5.74, 6) is 0.0229. The summed E-state index contributed by atoms with van der Waals surface area (Å²) in [6.07, 6.45) is -6.39. The van der Waals surface area contributed by atoms with E-state index in [4.69, 9.17) is 4.74 Å². The van der Waals surface area contributed by atoms with Gasteiger partial charge in [0.15, 0.2) is 0 Å². The van der Waals surface area contributed by atoms with E-state index >= 15 is 0 Å². The number of hydrogen-bond acceptors (Lipinski definition) is 6. The number of halogens is 3. The largest absolute Gasteiger partial charge is 0.576 e. The van der Waals surface area contributed by atoms with E-state index in [1.165, 1.54) is 13.2 Å². The Morgan fingerprint density at radius 2 is 2.10 bits per heavy atom. The fourth-order valence-corrected chi connectivity index (χ4v) is 4.08. The number of carbonyl (C=O) groups is 2. The maximum Gasteiger partial charge on any atom is 0.576 e. The highest BCUT2D eigenvalue weighted by molar-refractivity contribution is 7.16. The number of anilines is 1. The van der Waals surface area contributed by atoms with Crippen molar-refractivity contribution in [3.8, 4) is 11.8 Å². The normalized spacial score (nSPS) is 13.3. The van der Waals surface area contributed by atoms with Gasteiger partial charge in [-0.05, 0) is 30.2 Å². The summed E-state index contributed by atoms with van der Waals surface area (Å²) in [4.78, 5) is 25.6. The summed E-state index contributed by atoms with van der Waals surface area (Å²) in [6, 6.07) is 8.45. The van der Waals surface area contributed by atoms with Gasteiger partial charge in [0.1, 0.15) is 16.8 Å². The van der Waals surface area contributed by atoms with Gasteiger partial charge in [-0.3, -0.25) is 4.79 Å². The number of benzene rings is 1. The van der Waals surface area contributed by atoms with Gasteiger partial charge in [0, 0.05) is 17.0 Å². The van der Waals surface area contributed by atoms with Gasteiger partial charge in [0.05, 0.1) is 19.2 Å². The molecule has 1 aliphatic heterocycles. The Bertz CT molecular complexity index is 997. The maximum atomic E-state index is 12.5. The maximum absolute atomic E-state index is 12.5. The minimum Gasteiger partial charge on any atom is -0.497 e. The summed E-state index contributed by atoms with van der Waals surface area (Å²) >= 11 is 1.04. The van der Waals surface area contributed by atoms with Crippen LogP contribution in [0, 0.1) is 11.3 Å². The molecule has 0 spiro atoms. The lowest BCUT2D eigenvalue weighted by molar-refractivity contribution is -0.295. The fraction of sp³-hybridized carbons (Fsp3) is 0.278. The van der Waals surface area contributed by atoms with E-state index in [0.29, 0.717) is 21.8 Å². The molecule has 1 N–H and O–H groups in total. The van der Waals surface area contributed by atoms with Crippen molar-refractivity contribution in [1.82, 2.24) is 4.90 Å². The molecule has 0 saturated carbocycles. The second-order valence-corrected chi connectivity index (χ2v) is 7.10. The Labute approximate surface area is 167 Å². The number of methoxy groups -OCH3 is 1. The zero-order valence-electron chi connectivity index (χ0n) is 15.0. The Hall–Kier alpha value is -3.26. The van der Waals surface area contributed by atoms with Gasteiger partial charge in [0.25, 0.3) is 5.91 Å². The molecule has 0 radical (unpaired) electrons. The average molecular weight is 425 g/mol. The molecule has 0 fully saturated rings. The number of fused-ring (bicyclic) bond motifs is 1. The molecule has 1 aromatic carbocycles. The van der Waals surface area contributed by atoms with Crippen LogP contribution in [-0.4, -0.2) is 36.9 Å². The molecular weight excluding hydrogens is 411 g/mol. The second kappa shape index (κ2) is 8.00. The van der Waals surface area contributed by atoms with Crippen LogP contribution in [-0.2, 0) is 17.7 Å². The lowest BCUT2D eigenvalue weighted by atomic mass is 10.0. The summed E-state index contributed by atoms with van der Waals surface area (Å²) in [7, 11) is 1.47. The lowest BCUT2D eigenvalue weighted by Gasteiger charge is -2.26. The molecule has 2 aromatic rings. The molecular formula is C18H14F3N3O4S. The molecule has 2 amide bonds. The first-order valence-electron chi connectivity index (χ1n) is 8.26. The van der Waals surface area contributed by atoms with E-state index in [0.717, 1.165) is 16.2 Å². The van der Waals surface area contributed by atoms with E-state index < -0.39 is 18.4 Å². The van der Waals surface area contributed by atoms with Crippen LogP contribution in [0.5, 0.6) is 5.75 Å². The number of ether oxygens (including phenoxy) is 2. The number of rotatable bonds is 3. The molecule has 11 heteroatoms. The second-order valence-electron chi connectivity index (χ2n) is 5.99. The number of nitriles is 1. The van der Waals surface area contributed by atoms with Gasteiger partial charge in [-0.15, -0.1) is 24.5 Å². The van der Waals surface area contributed by atoms with Crippen LogP contribution >= 0.6 is 11.3 Å². The highest BCUT2D eigenvalue weighted by Gasteiger charge is 2.37. The van der Waals surface area contributed by atoms with Crippen molar-refractivity contribution >= 4 is 28.3 Å². The van der Waals surface area contributed by atoms with Crippen molar-refractivity contribution in [3.05, 3.63) is 45.8 Å². The zero-order chi connectivity index (χ0) is 21.2. The van der Waals surface area contributed by atoms with Gasteiger partial charge in [0.2, 0.25) is 0 Å². The van der Waals surface area contributed by atoms with Crippen LogP contribution in [0.25, 0.3) is 0 Å². The van der Waals surface area contributed by atoms with Crippen LogP contribution < -0.4 is 10.1 Å². The van der Waals surface area contributed by atoms with Gasteiger partial charge in [-0.25, -0.2) is 4.79 Å². The lowest BCUT2D eigenvalue weighted by Crippen LogP contribution is -2.38. The minimum absolute atomic E-state index is 0.0312. The van der Waals surface area contributed by atoms with Crippen LogP contribution in [0.4, 0.5) is 23.0 Å². The third-order valence-corrected chi connectivity index (χ3v) is 5.32. The third kappa shape index (κ3) is 4.60. The summed E-state index contributed by atoms with van der Waals surface area (Å²) in [6.45, 7) is -0.171. The van der Waals surface area contributed by atoms with E-state index in [-0.39, 0.29) is 30.1 Å². The summed E-state index contributed by atoms with van der Waals surface area (Å²) in [5.41, 5.74) is 1.16. The Morgan fingerprint density at radius 3 is 2.76 bits per heavy atom. The number of nitrogens with one attached hydrogen (secondary N) is 1. The van der Waals surface area contributed by atoms with Crippen molar-refractivity contribution in [3.63, 3.8) is 0 Å². The summed E-state index contributed by atoms with van der Waals surface area (Å²) < 4.78 is 45.3. The molecule has 152 valence electrons. The molecule has 0 saturated heterocycles. The number of carbonyl (C=O) groups excluding carboxylic acids is 2. The summed E-state index contributed by atoms with van der Waals surface area (Å²) in [5, 5.41) is 12.4. The minimum atomic E-state index is -5.07. The highest BCUT2D eigenvalue weighted by Crippen LogP contribution is 2.37. The molecule has 7 nitrogen and oxygen atoms in total. The van der Waals surface area contributed by atoms with Gasteiger partial charge < -0.3 is 19.7 Å². The highest BCUT2D eigenvalue weighted by atomic mass is 32.1. The van der Waals surface area contributed by atoms with E-state index in [9.17, 15) is 28.0 Å². The predicted octanol–water partition coefficient (Wildman–Crippen LogP) is 3.90. The average Bonchev–Trinajstić information content (AvgIpc) is 3.02. The molecule has 3 rings (SSSR count). The van der Waals surface area contributed by atoms with Crippen LogP contribution in [0.2, 0.25) is 0 Å². The van der Waals surface area contributed by atoms with E-state index in [1.807, 2.05) is 6.07 Å². The smallest absolute Gasteiger partial charge is 0.497 e. The standard InChI is InChI=1S/C18H14F3N3O4S/c1-27-11-4-2-3-10(7-11)15(25)23-16-13(8-22)12-5-6-24(9-14(12)29-16)17(26)28-18(19,20)21/h2-4,7H,5-6,9H2,1H3,(H,23,25). The van der Waals surface area contributed by atoms with Crippen LogP contribution in [0.15, 0.2) is 24.3 Å². The predicted molar refractivity (Wildman–Crippen MR) is 96.6 cm³/mol. The number of nitrogens with zero attached hydrogens (tertiary/aromatic N) is 2. The van der Waals surface area contributed by atoms with Gasteiger partial charge in [-0.2, -0.15) is 5.26 Å². The first kappa shape index (κ1) is 20.5. The topological polar surface area (TPSA) is 91.7 Å². The van der Waals surface area contributed by atoms with Gasteiger partial charge >= 0.3 is 12.5 Å². The molecule has 0 aliphatic carbocycles. The van der Waals surface area contributed by atoms with Crippen molar-refractivity contribution in [2.45, 2.75) is 19.3 Å². The molecule has 0 atom stereocenters. The Morgan fingerprint density at radius 1 is 1.34 bits per heavy atom. The van der Waals surface area contributed by atoms with Crippen molar-refractivity contribution < 1.29 is 32.2 Å². The molecule has 1 aliphatic rings. The molecule has 0 bridgehead atoms. The zero-order valence-corrected chi connectivity index (χ0v) is 15.8. The van der Waals surface area contributed by atoms with Crippen LogP contribution in [0.3, 0.4) is 0 Å². The number of amides is 2. The van der Waals surface area contributed by atoms with E-state index in [2.05, 4.69) is 10.1 Å². The first-order valence-corrected chi connectivity index (χ1v) is 9.08. The van der Waals surface area contributed by atoms with E-state index in [1.54, 1.807) is 18.2 Å². The molecule has 1 aromatic heterocycles. The molecule has 2 heterocycles. The van der Waals surface area contributed by atoms with Crippen LogP contribution in [0.1, 0.15) is 26.4 Å². The third-order valence-electron chi connectivity index (χ3n) is 4.19. The quantitative estimate of drug-likeness (QED) is 0.806. The number of hydrogen-bond donors (Lipinski definition) is 1.